The molecule has 0 aromatic heterocycles. The molecule has 0 unspecified atom stereocenters. The molecule has 0 heterocycles. The van der Waals surface area contributed by atoms with Crippen LogP contribution in [0.3, 0.4) is 0 Å². The number of hydrogen-bond donors (Lipinski definition) is 1. The Morgan fingerprint density at radius 1 is 0.625 bits per heavy atom. The largest absolute Gasteiger partial charge is 0.369 e. The summed E-state index contributed by atoms with van der Waals surface area (Å²) in [5.74, 6) is -0.163. The van der Waals surface area contributed by atoms with Crippen molar-refractivity contribution in [3.05, 3.63) is 0 Å². The van der Waals surface area contributed by atoms with Gasteiger partial charge in [-0.25, -0.2) is 0 Å². The first-order chi connectivity index (χ1) is 11.5. The van der Waals surface area contributed by atoms with Crippen molar-refractivity contribution in [2.75, 3.05) is 0 Å². The molecule has 0 saturated heterocycles. The zero-order valence-corrected chi connectivity index (χ0v) is 17.0. The van der Waals surface area contributed by atoms with Gasteiger partial charge in [0.15, 0.2) is 0 Å². The van der Waals surface area contributed by atoms with Gasteiger partial charge in [-0.3, -0.25) is 4.79 Å². The summed E-state index contributed by atoms with van der Waals surface area (Å²) < 4.78 is 0. The van der Waals surface area contributed by atoms with Crippen molar-refractivity contribution in [2.24, 2.45) is 11.1 Å². The second-order valence-corrected chi connectivity index (χ2v) is 8.30. The van der Waals surface area contributed by atoms with Crippen LogP contribution in [0.5, 0.6) is 0 Å². The molecule has 2 heteroatoms. The smallest absolute Gasteiger partial charge is 0.223 e. The first-order valence-electron chi connectivity index (χ1n) is 10.8. The molecule has 2 nitrogen and oxygen atoms in total. The van der Waals surface area contributed by atoms with Gasteiger partial charge in [0, 0.05) is 5.41 Å². The minimum Gasteiger partial charge on any atom is -0.369 e. The van der Waals surface area contributed by atoms with Gasteiger partial charge in [-0.2, -0.15) is 0 Å². The van der Waals surface area contributed by atoms with Crippen LogP contribution in [0, 0.1) is 5.41 Å². The maximum atomic E-state index is 11.2. The lowest BCUT2D eigenvalue weighted by Crippen LogP contribution is -2.31. The Labute approximate surface area is 152 Å². The molecule has 2 N–H and O–H groups in total. The molecule has 0 atom stereocenters. The Morgan fingerprint density at radius 3 is 1.21 bits per heavy atom. The van der Waals surface area contributed by atoms with E-state index in [4.69, 9.17) is 5.73 Å². The summed E-state index contributed by atoms with van der Waals surface area (Å²) in [6.07, 6.45) is 23.1. The van der Waals surface area contributed by atoms with Crippen molar-refractivity contribution in [2.45, 2.75) is 130 Å². The Bertz CT molecular complexity index is 286. The molecule has 144 valence electrons. The third-order valence-electron chi connectivity index (χ3n) is 5.32. The van der Waals surface area contributed by atoms with Gasteiger partial charge in [0.05, 0.1) is 0 Å². The Morgan fingerprint density at radius 2 is 0.917 bits per heavy atom. The lowest BCUT2D eigenvalue weighted by atomic mass is 9.86. The maximum Gasteiger partial charge on any atom is 0.223 e. The van der Waals surface area contributed by atoms with E-state index in [0.717, 1.165) is 12.8 Å². The van der Waals surface area contributed by atoms with E-state index in [1.54, 1.807) is 0 Å². The molecule has 0 saturated carbocycles. The van der Waals surface area contributed by atoms with Crippen molar-refractivity contribution in [3.63, 3.8) is 0 Å². The van der Waals surface area contributed by atoms with Crippen LogP contribution in [-0.2, 0) is 4.79 Å². The molecule has 24 heavy (non-hydrogen) atoms. The van der Waals surface area contributed by atoms with Crippen molar-refractivity contribution < 1.29 is 4.79 Å². The van der Waals surface area contributed by atoms with Crippen molar-refractivity contribution in [1.29, 1.82) is 0 Å². The van der Waals surface area contributed by atoms with Crippen LogP contribution in [0.4, 0.5) is 0 Å². The topological polar surface area (TPSA) is 43.1 Å². The van der Waals surface area contributed by atoms with Crippen LogP contribution in [0.1, 0.15) is 130 Å². The molecule has 0 radical (unpaired) electrons. The second-order valence-electron chi connectivity index (χ2n) is 8.30. The number of unbranched alkanes of at least 4 members (excludes halogenated alkanes) is 15. The van der Waals surface area contributed by atoms with Gasteiger partial charge in [0.2, 0.25) is 5.91 Å². The van der Waals surface area contributed by atoms with E-state index < -0.39 is 0 Å². The Kier molecular flexibility index (Phi) is 15.6. The standard InChI is InChI=1S/C22H45NO/c1-4-5-6-7-8-9-10-11-12-13-14-15-16-17-18-19-20-22(2,3)21(23)24/h4-20H2,1-3H3,(H2,23,24). The molecule has 0 aliphatic heterocycles. The van der Waals surface area contributed by atoms with E-state index in [0.29, 0.717) is 0 Å². The first kappa shape index (κ1) is 23.5. The molecule has 0 aromatic rings. The van der Waals surface area contributed by atoms with Crippen molar-refractivity contribution in [1.82, 2.24) is 0 Å². The number of nitrogens with two attached hydrogens (primary N) is 1. The number of rotatable bonds is 18. The third-order valence-corrected chi connectivity index (χ3v) is 5.32. The monoisotopic (exact) mass is 339 g/mol. The molecule has 0 aliphatic carbocycles. The van der Waals surface area contributed by atoms with Crippen molar-refractivity contribution in [3.8, 4) is 0 Å². The molecule has 0 fully saturated rings. The summed E-state index contributed by atoms with van der Waals surface area (Å²) in [6, 6.07) is 0. The summed E-state index contributed by atoms with van der Waals surface area (Å²) in [5.41, 5.74) is 5.07. The second kappa shape index (κ2) is 16.0. The molecule has 0 bridgehead atoms. The van der Waals surface area contributed by atoms with Gasteiger partial charge in [-0.15, -0.1) is 0 Å². The summed E-state index contributed by atoms with van der Waals surface area (Å²) >= 11 is 0. The zero-order valence-electron chi connectivity index (χ0n) is 17.0. The van der Waals surface area contributed by atoms with Crippen LogP contribution in [0.2, 0.25) is 0 Å². The lowest BCUT2D eigenvalue weighted by Gasteiger charge is -2.19. The van der Waals surface area contributed by atoms with Crippen LogP contribution >= 0.6 is 0 Å². The normalized spacial score (nSPS) is 11.8. The predicted octanol–water partition coefficient (Wildman–Crippen LogP) is 7.15. The Hall–Kier alpha value is -0.530. The van der Waals surface area contributed by atoms with Gasteiger partial charge >= 0.3 is 0 Å². The molecule has 0 spiro atoms. The number of amides is 1. The quantitative estimate of drug-likeness (QED) is 0.265. The molecular weight excluding hydrogens is 294 g/mol. The minimum atomic E-state index is -0.323. The fourth-order valence-corrected chi connectivity index (χ4v) is 3.24. The number of carbonyl (C=O) groups is 1. The summed E-state index contributed by atoms with van der Waals surface area (Å²) in [4.78, 5) is 11.2. The van der Waals surface area contributed by atoms with E-state index in [1.165, 1.54) is 96.3 Å². The SMILES string of the molecule is CCCCCCCCCCCCCCCCCCC(C)(C)C(N)=O. The fraction of sp³-hybridized carbons (Fsp3) is 0.955. The first-order valence-corrected chi connectivity index (χ1v) is 10.8. The highest BCUT2D eigenvalue weighted by atomic mass is 16.1. The van der Waals surface area contributed by atoms with Crippen LogP contribution in [0.25, 0.3) is 0 Å². The molecular formula is C22H45NO. The molecule has 0 aliphatic rings. The van der Waals surface area contributed by atoms with Gasteiger partial charge < -0.3 is 5.73 Å². The average molecular weight is 340 g/mol. The maximum absolute atomic E-state index is 11.2. The van der Waals surface area contributed by atoms with E-state index in [2.05, 4.69) is 6.92 Å². The van der Waals surface area contributed by atoms with Gasteiger partial charge in [0.25, 0.3) is 0 Å². The molecule has 1 amide bonds. The van der Waals surface area contributed by atoms with E-state index >= 15 is 0 Å². The number of primary amides is 1. The number of hydrogen-bond acceptors (Lipinski definition) is 1. The highest BCUT2D eigenvalue weighted by Gasteiger charge is 2.23. The van der Waals surface area contributed by atoms with Gasteiger partial charge in [-0.1, -0.05) is 124 Å². The summed E-state index contributed by atoms with van der Waals surface area (Å²) in [5, 5.41) is 0. The summed E-state index contributed by atoms with van der Waals surface area (Å²) in [6.45, 7) is 6.20. The van der Waals surface area contributed by atoms with Crippen LogP contribution in [-0.4, -0.2) is 5.91 Å². The molecule has 0 rings (SSSR count). The fourth-order valence-electron chi connectivity index (χ4n) is 3.24. The third kappa shape index (κ3) is 15.0. The van der Waals surface area contributed by atoms with Crippen LogP contribution in [0.15, 0.2) is 0 Å². The molecule has 0 aromatic carbocycles. The average Bonchev–Trinajstić information content (AvgIpc) is 2.54. The van der Waals surface area contributed by atoms with E-state index in [1.807, 2.05) is 13.8 Å². The van der Waals surface area contributed by atoms with Gasteiger partial charge in [0.1, 0.15) is 0 Å². The lowest BCUT2D eigenvalue weighted by molar-refractivity contribution is -0.126. The van der Waals surface area contributed by atoms with E-state index in [-0.39, 0.29) is 11.3 Å². The van der Waals surface area contributed by atoms with Crippen molar-refractivity contribution >= 4 is 5.91 Å². The van der Waals surface area contributed by atoms with E-state index in [9.17, 15) is 4.79 Å². The van der Waals surface area contributed by atoms with Crippen LogP contribution < -0.4 is 5.73 Å². The Balaban J connectivity index is 3.14. The predicted molar refractivity (Wildman–Crippen MR) is 107 cm³/mol. The van der Waals surface area contributed by atoms with Gasteiger partial charge in [-0.05, 0) is 6.42 Å². The highest BCUT2D eigenvalue weighted by Crippen LogP contribution is 2.23. The minimum absolute atomic E-state index is 0.163. The number of carbonyl (C=O) groups excluding carboxylic acids is 1. The highest BCUT2D eigenvalue weighted by molar-refractivity contribution is 5.79. The zero-order chi connectivity index (χ0) is 18.1. The summed E-state index contributed by atoms with van der Waals surface area (Å²) in [7, 11) is 0.